The molecule has 0 saturated carbocycles. The van der Waals surface area contributed by atoms with Crippen molar-refractivity contribution in [2.45, 2.75) is 51.2 Å². The van der Waals surface area contributed by atoms with Crippen molar-refractivity contribution in [2.24, 2.45) is 0 Å². The number of hydrogen-bond acceptors (Lipinski definition) is 5. The van der Waals surface area contributed by atoms with Crippen LogP contribution in [0.5, 0.6) is 5.75 Å². The van der Waals surface area contributed by atoms with Gasteiger partial charge in [0.2, 0.25) is 5.91 Å². The summed E-state index contributed by atoms with van der Waals surface area (Å²) in [5.41, 5.74) is 1.67. The third kappa shape index (κ3) is 5.25. The summed E-state index contributed by atoms with van der Waals surface area (Å²) in [4.78, 5) is 25.2. The highest BCUT2D eigenvalue weighted by Crippen LogP contribution is 2.37. The zero-order valence-electron chi connectivity index (χ0n) is 18.6. The van der Waals surface area contributed by atoms with E-state index in [1.165, 1.54) is 7.11 Å². The monoisotopic (exact) mass is 425 g/mol. The molecule has 0 aliphatic carbocycles. The maximum Gasteiger partial charge on any atom is 0.337 e. The van der Waals surface area contributed by atoms with Gasteiger partial charge in [-0.1, -0.05) is 24.3 Å². The first kappa shape index (κ1) is 22.8. The zero-order chi connectivity index (χ0) is 22.4. The van der Waals surface area contributed by atoms with Crippen molar-refractivity contribution in [2.75, 3.05) is 20.3 Å². The zero-order valence-corrected chi connectivity index (χ0v) is 18.6. The quantitative estimate of drug-likeness (QED) is 0.674. The fourth-order valence-electron chi connectivity index (χ4n) is 3.95. The summed E-state index contributed by atoms with van der Waals surface area (Å²) in [7, 11) is 1.35. The molecule has 31 heavy (non-hydrogen) atoms. The molecule has 1 N–H and O–H groups in total. The molecule has 2 aromatic carbocycles. The molecule has 2 aromatic rings. The van der Waals surface area contributed by atoms with Gasteiger partial charge in [-0.05, 0) is 69.0 Å². The van der Waals surface area contributed by atoms with Gasteiger partial charge in [-0.25, -0.2) is 4.79 Å². The number of benzene rings is 2. The SMILES string of the molecule is COC(=O)c1ccc(C(C)NC(=O)C2(c3cccc(OC(C)C)c3)CCOCC2)cc1. The number of nitrogens with one attached hydrogen (secondary N) is 1. The van der Waals surface area contributed by atoms with E-state index in [4.69, 9.17) is 14.2 Å². The standard InChI is InChI=1S/C25H31NO5/c1-17(2)31-22-7-5-6-21(16-22)25(12-14-30-15-13-25)24(28)26-18(3)19-8-10-20(11-9-19)23(27)29-4/h5-11,16-18H,12-15H2,1-4H3,(H,26,28). The highest BCUT2D eigenvalue weighted by atomic mass is 16.5. The van der Waals surface area contributed by atoms with Crippen molar-refractivity contribution in [1.29, 1.82) is 0 Å². The maximum absolute atomic E-state index is 13.6. The first-order chi connectivity index (χ1) is 14.9. The second kappa shape index (κ2) is 9.96. The first-order valence-electron chi connectivity index (χ1n) is 10.7. The van der Waals surface area contributed by atoms with Crippen LogP contribution in [-0.2, 0) is 19.7 Å². The van der Waals surface area contributed by atoms with Crippen LogP contribution in [0.25, 0.3) is 0 Å². The van der Waals surface area contributed by atoms with Gasteiger partial charge >= 0.3 is 5.97 Å². The Morgan fingerprint density at radius 2 is 1.71 bits per heavy atom. The average molecular weight is 426 g/mol. The summed E-state index contributed by atoms with van der Waals surface area (Å²) in [5, 5.41) is 3.18. The summed E-state index contributed by atoms with van der Waals surface area (Å²) in [6, 6.07) is 14.7. The minimum absolute atomic E-state index is 0.0259. The number of esters is 1. The lowest BCUT2D eigenvalue weighted by Crippen LogP contribution is -2.48. The summed E-state index contributed by atoms with van der Waals surface area (Å²) < 4.78 is 16.2. The van der Waals surface area contributed by atoms with Crippen molar-refractivity contribution in [3.63, 3.8) is 0 Å². The Bertz CT molecular complexity index is 900. The third-order valence-corrected chi connectivity index (χ3v) is 5.72. The summed E-state index contributed by atoms with van der Waals surface area (Å²) >= 11 is 0. The van der Waals surface area contributed by atoms with E-state index in [0.29, 0.717) is 31.6 Å². The molecule has 1 atom stereocenters. The van der Waals surface area contributed by atoms with Crippen LogP contribution < -0.4 is 10.1 Å². The molecular formula is C25H31NO5. The molecule has 166 valence electrons. The molecule has 1 fully saturated rings. The molecule has 1 heterocycles. The second-order valence-electron chi connectivity index (χ2n) is 8.20. The lowest BCUT2D eigenvalue weighted by Gasteiger charge is -2.37. The fourth-order valence-corrected chi connectivity index (χ4v) is 3.95. The first-order valence-corrected chi connectivity index (χ1v) is 10.7. The predicted molar refractivity (Wildman–Crippen MR) is 118 cm³/mol. The molecule has 1 aliphatic rings. The van der Waals surface area contributed by atoms with Gasteiger partial charge in [0, 0.05) is 13.2 Å². The lowest BCUT2D eigenvalue weighted by molar-refractivity contribution is -0.131. The Kier molecular flexibility index (Phi) is 7.33. The molecule has 0 aromatic heterocycles. The molecule has 3 rings (SSSR count). The van der Waals surface area contributed by atoms with Gasteiger partial charge in [0.05, 0.1) is 30.2 Å². The van der Waals surface area contributed by atoms with Crippen molar-refractivity contribution >= 4 is 11.9 Å². The largest absolute Gasteiger partial charge is 0.491 e. The summed E-state index contributed by atoms with van der Waals surface area (Å²) in [5.74, 6) is 0.354. The van der Waals surface area contributed by atoms with Crippen LogP contribution in [0.2, 0.25) is 0 Å². The molecule has 1 aliphatic heterocycles. The molecule has 6 heteroatoms. The van der Waals surface area contributed by atoms with Crippen molar-refractivity contribution < 1.29 is 23.8 Å². The molecule has 1 saturated heterocycles. The van der Waals surface area contributed by atoms with Gasteiger partial charge in [0.25, 0.3) is 0 Å². The van der Waals surface area contributed by atoms with Gasteiger partial charge in [-0.2, -0.15) is 0 Å². The topological polar surface area (TPSA) is 73.9 Å². The van der Waals surface area contributed by atoms with Crippen molar-refractivity contribution in [3.05, 3.63) is 65.2 Å². The Labute approximate surface area is 183 Å². The van der Waals surface area contributed by atoms with Crippen LogP contribution >= 0.6 is 0 Å². The number of hydrogen-bond donors (Lipinski definition) is 1. The smallest absolute Gasteiger partial charge is 0.337 e. The number of ether oxygens (including phenoxy) is 3. The van der Waals surface area contributed by atoms with Crippen LogP contribution in [0.1, 0.15) is 61.1 Å². The van der Waals surface area contributed by atoms with Crippen molar-refractivity contribution in [1.82, 2.24) is 5.32 Å². The van der Waals surface area contributed by atoms with E-state index in [1.807, 2.05) is 57.2 Å². The van der Waals surface area contributed by atoms with Crippen LogP contribution in [0.4, 0.5) is 0 Å². The maximum atomic E-state index is 13.6. The Morgan fingerprint density at radius 1 is 1.03 bits per heavy atom. The molecule has 6 nitrogen and oxygen atoms in total. The van der Waals surface area contributed by atoms with Gasteiger partial charge in [-0.15, -0.1) is 0 Å². The number of carbonyl (C=O) groups is 2. The van der Waals surface area contributed by atoms with Gasteiger partial charge in [-0.3, -0.25) is 4.79 Å². The Morgan fingerprint density at radius 3 is 2.32 bits per heavy atom. The van der Waals surface area contributed by atoms with E-state index in [9.17, 15) is 9.59 Å². The molecule has 1 unspecified atom stereocenters. The second-order valence-corrected chi connectivity index (χ2v) is 8.20. The van der Waals surface area contributed by atoms with Gasteiger partial charge < -0.3 is 19.5 Å². The lowest BCUT2D eigenvalue weighted by atomic mass is 9.73. The molecule has 0 bridgehead atoms. The highest BCUT2D eigenvalue weighted by molar-refractivity contribution is 5.90. The number of carbonyl (C=O) groups excluding carboxylic acids is 2. The van der Waals surface area contributed by atoms with Crippen molar-refractivity contribution in [3.8, 4) is 5.75 Å². The minimum atomic E-state index is -0.672. The normalized spacial score (nSPS) is 16.4. The number of amides is 1. The van der Waals surface area contributed by atoms with E-state index in [1.54, 1.807) is 12.1 Å². The van der Waals surface area contributed by atoms with Crippen LogP contribution in [-0.4, -0.2) is 38.3 Å². The van der Waals surface area contributed by atoms with E-state index < -0.39 is 5.41 Å². The van der Waals surface area contributed by atoms with E-state index in [2.05, 4.69) is 5.32 Å². The van der Waals surface area contributed by atoms with Crippen LogP contribution in [0.15, 0.2) is 48.5 Å². The summed E-state index contributed by atoms with van der Waals surface area (Å²) in [6.45, 7) is 6.97. The summed E-state index contributed by atoms with van der Waals surface area (Å²) in [6.07, 6.45) is 1.28. The van der Waals surface area contributed by atoms with E-state index >= 15 is 0 Å². The van der Waals surface area contributed by atoms with Crippen LogP contribution in [0, 0.1) is 0 Å². The molecule has 0 spiro atoms. The Hall–Kier alpha value is -2.86. The average Bonchev–Trinajstić information content (AvgIpc) is 2.78. The fraction of sp³-hybridized carbons (Fsp3) is 0.440. The predicted octanol–water partition coefficient (Wildman–Crippen LogP) is 4.19. The molecule has 1 amide bonds. The van der Waals surface area contributed by atoms with E-state index in [0.717, 1.165) is 16.9 Å². The van der Waals surface area contributed by atoms with Gasteiger partial charge in [0.1, 0.15) is 5.75 Å². The minimum Gasteiger partial charge on any atom is -0.491 e. The number of rotatable bonds is 7. The third-order valence-electron chi connectivity index (χ3n) is 5.72. The van der Waals surface area contributed by atoms with E-state index in [-0.39, 0.29) is 24.0 Å². The van der Waals surface area contributed by atoms with Gasteiger partial charge in [0.15, 0.2) is 0 Å². The van der Waals surface area contributed by atoms with Crippen LogP contribution in [0.3, 0.4) is 0 Å². The number of methoxy groups -OCH3 is 1. The molecular weight excluding hydrogens is 394 g/mol. The Balaban J connectivity index is 1.82. The molecule has 0 radical (unpaired) electrons. The highest BCUT2D eigenvalue weighted by Gasteiger charge is 2.42.